The average molecular weight is 265 g/mol. The van der Waals surface area contributed by atoms with E-state index < -0.39 is 18.1 Å². The van der Waals surface area contributed by atoms with Gasteiger partial charge in [0.1, 0.15) is 5.69 Å². The van der Waals surface area contributed by atoms with Crippen molar-refractivity contribution >= 4 is 11.6 Å². The van der Waals surface area contributed by atoms with Crippen LogP contribution in [0.15, 0.2) is 23.0 Å². The van der Waals surface area contributed by atoms with Crippen LogP contribution < -0.4 is 5.69 Å². The van der Waals surface area contributed by atoms with Gasteiger partial charge in [0.2, 0.25) is 0 Å². The molecule has 0 unspecified atom stereocenters. The lowest BCUT2D eigenvalue weighted by atomic mass is 10.3. The Morgan fingerprint density at radius 1 is 1.29 bits per heavy atom. The summed E-state index contributed by atoms with van der Waals surface area (Å²) in [5.41, 5.74) is -1.53. The lowest BCUT2D eigenvalue weighted by Gasteiger charge is -2.00. The van der Waals surface area contributed by atoms with Gasteiger partial charge in [-0.25, -0.2) is 9.18 Å². The number of hydrogen-bond donors (Lipinski definition) is 0. The molecule has 17 heavy (non-hydrogen) atoms. The van der Waals surface area contributed by atoms with Crippen LogP contribution in [-0.2, 0) is 0 Å². The highest BCUT2D eigenvalue weighted by Gasteiger charge is 2.17. The third-order valence-corrected chi connectivity index (χ3v) is 2.16. The van der Waals surface area contributed by atoms with Crippen molar-refractivity contribution in [3.8, 4) is 5.69 Å². The van der Waals surface area contributed by atoms with Crippen molar-refractivity contribution in [2.45, 2.75) is 6.55 Å². The van der Waals surface area contributed by atoms with Crippen LogP contribution in [0, 0.1) is 5.82 Å². The second kappa shape index (κ2) is 4.21. The smallest absolute Gasteiger partial charge is 0.244 e. The van der Waals surface area contributed by atoms with Crippen molar-refractivity contribution in [3.05, 3.63) is 39.5 Å². The minimum atomic E-state index is -3.13. The Labute approximate surface area is 97.0 Å². The molecule has 5 nitrogen and oxygen atoms in total. The first-order valence-electron chi connectivity index (χ1n) is 4.29. The number of nitrogens with zero attached hydrogens (tertiary/aromatic N) is 4. The van der Waals surface area contributed by atoms with Gasteiger partial charge in [0.15, 0.2) is 5.82 Å². The largest absolute Gasteiger partial charge is 0.373 e. The number of rotatable bonds is 2. The van der Waals surface area contributed by atoms with Crippen molar-refractivity contribution in [1.29, 1.82) is 0 Å². The molecular formula is C8H4ClF3N4O. The summed E-state index contributed by atoms with van der Waals surface area (Å²) in [7, 11) is 0. The molecule has 1 aromatic heterocycles. The minimum Gasteiger partial charge on any atom is -0.244 e. The van der Waals surface area contributed by atoms with Crippen molar-refractivity contribution < 1.29 is 13.2 Å². The molecule has 1 heterocycles. The number of aromatic nitrogens is 4. The van der Waals surface area contributed by atoms with Gasteiger partial charge in [-0.05, 0) is 28.6 Å². The third kappa shape index (κ3) is 2.03. The fourth-order valence-corrected chi connectivity index (χ4v) is 1.34. The summed E-state index contributed by atoms with van der Waals surface area (Å²) in [6.07, 6.45) is 0. The molecule has 0 saturated carbocycles. The molecule has 2 rings (SSSR count). The monoisotopic (exact) mass is 264 g/mol. The second-order valence-electron chi connectivity index (χ2n) is 2.99. The predicted octanol–water partition coefficient (Wildman–Crippen LogP) is 1.62. The molecular weight excluding hydrogens is 261 g/mol. The maximum Gasteiger partial charge on any atom is 0.373 e. The summed E-state index contributed by atoms with van der Waals surface area (Å²) >= 11 is 5.51. The van der Waals surface area contributed by atoms with Crippen molar-refractivity contribution in [2.75, 3.05) is 0 Å². The van der Waals surface area contributed by atoms with Gasteiger partial charge in [-0.15, -0.1) is 4.68 Å². The van der Waals surface area contributed by atoms with Gasteiger partial charge < -0.3 is 0 Å². The first-order valence-corrected chi connectivity index (χ1v) is 4.66. The average Bonchev–Trinajstić information content (AvgIpc) is 2.60. The first-order chi connectivity index (χ1) is 8.00. The maximum atomic E-state index is 13.4. The first kappa shape index (κ1) is 11.6. The standard InChI is InChI=1S/C8H4ClF3N4O/c9-4-1-2-6(5(10)3-4)15-8(17)16(7(11)12)14-13-15/h1-3,7H. The molecule has 0 radical (unpaired) electrons. The van der Waals surface area contributed by atoms with Gasteiger partial charge in [-0.3, -0.25) is 0 Å². The second-order valence-corrected chi connectivity index (χ2v) is 3.43. The summed E-state index contributed by atoms with van der Waals surface area (Å²) in [5.74, 6) is -0.860. The van der Waals surface area contributed by atoms with E-state index in [9.17, 15) is 18.0 Å². The minimum absolute atomic E-state index is 0.112. The van der Waals surface area contributed by atoms with Crippen molar-refractivity contribution in [2.24, 2.45) is 0 Å². The lowest BCUT2D eigenvalue weighted by molar-refractivity contribution is 0.0508. The Hall–Kier alpha value is -1.83. The van der Waals surface area contributed by atoms with Crippen LogP contribution in [0.4, 0.5) is 13.2 Å². The molecule has 1 aromatic carbocycles. The zero-order chi connectivity index (χ0) is 12.6. The van der Waals surface area contributed by atoms with Crippen LogP contribution in [0.5, 0.6) is 0 Å². The normalized spacial score (nSPS) is 11.1. The van der Waals surface area contributed by atoms with Crippen LogP contribution in [0.3, 0.4) is 0 Å². The zero-order valence-electron chi connectivity index (χ0n) is 8.02. The molecule has 0 amide bonds. The SMILES string of the molecule is O=c1n(-c2ccc(Cl)cc2F)nnn1C(F)F. The zero-order valence-corrected chi connectivity index (χ0v) is 8.77. The van der Waals surface area contributed by atoms with E-state index in [2.05, 4.69) is 10.4 Å². The van der Waals surface area contributed by atoms with E-state index >= 15 is 0 Å². The summed E-state index contributed by atoms with van der Waals surface area (Å²) < 4.78 is 38.2. The predicted molar refractivity (Wildman–Crippen MR) is 51.8 cm³/mol. The molecule has 0 saturated heterocycles. The van der Waals surface area contributed by atoms with E-state index in [4.69, 9.17) is 11.6 Å². The van der Waals surface area contributed by atoms with Crippen LogP contribution in [0.1, 0.15) is 6.55 Å². The molecule has 0 atom stereocenters. The van der Waals surface area contributed by atoms with Crippen molar-refractivity contribution in [1.82, 2.24) is 19.8 Å². The Bertz CT molecular complexity index is 609. The molecule has 0 bridgehead atoms. The summed E-state index contributed by atoms with van der Waals surface area (Å²) in [6, 6.07) is 3.38. The molecule has 0 spiro atoms. The Balaban J connectivity index is 2.58. The number of hydrogen-bond acceptors (Lipinski definition) is 3. The summed E-state index contributed by atoms with van der Waals surface area (Å²) in [5, 5.41) is 6.19. The quantitative estimate of drug-likeness (QED) is 0.828. The van der Waals surface area contributed by atoms with Gasteiger partial charge in [0, 0.05) is 5.02 Å². The highest BCUT2D eigenvalue weighted by Crippen LogP contribution is 2.16. The van der Waals surface area contributed by atoms with E-state index in [1.807, 2.05) is 0 Å². The van der Waals surface area contributed by atoms with Crippen LogP contribution in [-0.4, -0.2) is 19.8 Å². The third-order valence-electron chi connectivity index (χ3n) is 1.93. The van der Waals surface area contributed by atoms with Gasteiger partial charge in [0.25, 0.3) is 0 Å². The highest BCUT2D eigenvalue weighted by atomic mass is 35.5. The number of benzene rings is 1. The van der Waals surface area contributed by atoms with E-state index in [0.29, 0.717) is 4.68 Å². The van der Waals surface area contributed by atoms with Crippen LogP contribution in [0.2, 0.25) is 5.02 Å². The molecule has 0 N–H and O–H groups in total. The molecule has 0 aliphatic rings. The highest BCUT2D eigenvalue weighted by molar-refractivity contribution is 6.30. The fourth-order valence-electron chi connectivity index (χ4n) is 1.18. The molecule has 0 aliphatic heterocycles. The number of tetrazole rings is 1. The molecule has 9 heteroatoms. The lowest BCUT2D eigenvalue weighted by Crippen LogP contribution is -2.25. The van der Waals surface area contributed by atoms with Gasteiger partial charge >= 0.3 is 12.2 Å². The van der Waals surface area contributed by atoms with E-state index in [1.54, 1.807) is 0 Å². The Morgan fingerprint density at radius 2 is 2.00 bits per heavy atom. The topological polar surface area (TPSA) is 52.7 Å². The van der Waals surface area contributed by atoms with Crippen LogP contribution >= 0.6 is 11.6 Å². The van der Waals surface area contributed by atoms with E-state index in [0.717, 1.165) is 12.1 Å². The van der Waals surface area contributed by atoms with Gasteiger partial charge in [-0.1, -0.05) is 11.6 Å². The number of alkyl halides is 2. The Kier molecular flexibility index (Phi) is 2.88. The van der Waals surface area contributed by atoms with Crippen LogP contribution in [0.25, 0.3) is 5.69 Å². The fraction of sp³-hybridized carbons (Fsp3) is 0.125. The Morgan fingerprint density at radius 3 is 2.53 bits per heavy atom. The van der Waals surface area contributed by atoms with Crippen molar-refractivity contribution in [3.63, 3.8) is 0 Å². The molecule has 0 aliphatic carbocycles. The molecule has 2 aromatic rings. The van der Waals surface area contributed by atoms with E-state index in [-0.39, 0.29) is 15.4 Å². The number of halogens is 4. The summed E-state index contributed by atoms with van der Waals surface area (Å²) in [6.45, 7) is -3.13. The summed E-state index contributed by atoms with van der Waals surface area (Å²) in [4.78, 5) is 11.4. The maximum absolute atomic E-state index is 13.4. The van der Waals surface area contributed by atoms with E-state index in [1.165, 1.54) is 6.07 Å². The molecule has 90 valence electrons. The van der Waals surface area contributed by atoms with Gasteiger partial charge in [-0.2, -0.15) is 13.5 Å². The molecule has 0 fully saturated rings. The van der Waals surface area contributed by atoms with Gasteiger partial charge in [0.05, 0.1) is 0 Å².